The lowest BCUT2D eigenvalue weighted by Crippen LogP contribution is -2.33. The molecule has 4 heteroatoms. The molecule has 1 aromatic rings. The zero-order valence-electron chi connectivity index (χ0n) is 9.68. The van der Waals surface area contributed by atoms with E-state index >= 15 is 0 Å². The quantitative estimate of drug-likeness (QED) is 0.596. The first-order chi connectivity index (χ1) is 8.13. The van der Waals surface area contributed by atoms with Crippen molar-refractivity contribution in [3.8, 4) is 0 Å². The number of amides is 1. The molecule has 0 bridgehead atoms. The van der Waals surface area contributed by atoms with Gasteiger partial charge >= 0.3 is 0 Å². The molecular formula is C13H15NO3. The number of rotatable bonds is 6. The Hall–Kier alpha value is -1.97. The minimum atomic E-state index is -0.505. The van der Waals surface area contributed by atoms with Crippen LogP contribution in [-0.4, -0.2) is 24.0 Å². The van der Waals surface area contributed by atoms with Gasteiger partial charge in [0.1, 0.15) is 6.29 Å². The Labute approximate surface area is 100 Å². The van der Waals surface area contributed by atoms with Gasteiger partial charge in [-0.25, -0.2) is 0 Å². The summed E-state index contributed by atoms with van der Waals surface area (Å²) in [5, 5.41) is 2.48. The summed E-state index contributed by atoms with van der Waals surface area (Å²) in [5.74, 6) is -0.353. The summed E-state index contributed by atoms with van der Waals surface area (Å²) >= 11 is 0. The molecule has 17 heavy (non-hydrogen) atoms. The number of nitrogens with one attached hydrogen (secondary N) is 1. The van der Waals surface area contributed by atoms with Crippen LogP contribution in [0.2, 0.25) is 0 Å². The Morgan fingerprint density at radius 2 is 1.88 bits per heavy atom. The van der Waals surface area contributed by atoms with Crippen LogP contribution >= 0.6 is 0 Å². The molecule has 1 rings (SSSR count). The second-order valence-electron chi connectivity index (χ2n) is 3.78. The first-order valence-corrected chi connectivity index (χ1v) is 5.46. The summed E-state index contributed by atoms with van der Waals surface area (Å²) in [6, 6.07) is 8.32. The summed E-state index contributed by atoms with van der Waals surface area (Å²) in [6.07, 6.45) is 0.907. The largest absolute Gasteiger partial charge is 0.347 e. The van der Waals surface area contributed by atoms with Crippen LogP contribution in [0.1, 0.15) is 30.1 Å². The van der Waals surface area contributed by atoms with Crippen molar-refractivity contribution >= 4 is 18.0 Å². The molecule has 0 radical (unpaired) electrons. The zero-order chi connectivity index (χ0) is 12.7. The molecule has 1 atom stereocenters. The lowest BCUT2D eigenvalue weighted by atomic mass is 10.1. The van der Waals surface area contributed by atoms with Gasteiger partial charge in [-0.3, -0.25) is 9.59 Å². The molecular weight excluding hydrogens is 218 g/mol. The zero-order valence-corrected chi connectivity index (χ0v) is 9.68. The van der Waals surface area contributed by atoms with Gasteiger partial charge in [0.25, 0.3) is 0 Å². The molecule has 0 heterocycles. The van der Waals surface area contributed by atoms with E-state index in [4.69, 9.17) is 0 Å². The summed E-state index contributed by atoms with van der Waals surface area (Å²) in [4.78, 5) is 33.3. The summed E-state index contributed by atoms with van der Waals surface area (Å²) in [6.45, 7) is 1.59. The van der Waals surface area contributed by atoms with Gasteiger partial charge in [-0.1, -0.05) is 30.3 Å². The molecule has 0 saturated carbocycles. The molecule has 0 fully saturated rings. The Bertz CT molecular complexity index is 400. The molecule has 1 N–H and O–H groups in total. The molecule has 0 saturated heterocycles. The Morgan fingerprint density at radius 3 is 2.47 bits per heavy atom. The smallest absolute Gasteiger partial charge is 0.221 e. The van der Waals surface area contributed by atoms with Crippen molar-refractivity contribution in [1.29, 1.82) is 0 Å². The van der Waals surface area contributed by atoms with Gasteiger partial charge in [-0.05, 0) is 6.92 Å². The number of hydrogen-bond acceptors (Lipinski definition) is 3. The molecule has 0 aliphatic carbocycles. The third-order valence-corrected chi connectivity index (χ3v) is 2.27. The molecule has 0 aliphatic heterocycles. The van der Waals surface area contributed by atoms with E-state index in [2.05, 4.69) is 5.32 Å². The average molecular weight is 233 g/mol. The van der Waals surface area contributed by atoms with E-state index in [1.165, 1.54) is 0 Å². The second kappa shape index (κ2) is 6.58. The monoisotopic (exact) mass is 233 g/mol. The van der Waals surface area contributed by atoms with Gasteiger partial charge in [0.05, 0.1) is 6.04 Å². The lowest BCUT2D eigenvalue weighted by molar-refractivity contribution is -0.123. The maximum atomic E-state index is 11.7. The number of carbonyl (C=O) groups is 3. The standard InChI is InChI=1S/C13H15NO3/c1-10(9-15)14-13(17)8-7-12(16)11-5-3-2-4-6-11/h2-6,9-10H,7-8H2,1H3,(H,14,17)/t10-/m0/s1. The SMILES string of the molecule is C[C@@H](C=O)NC(=O)CCC(=O)c1ccccc1. The average Bonchev–Trinajstić information content (AvgIpc) is 2.36. The van der Waals surface area contributed by atoms with Crippen LogP contribution in [0.5, 0.6) is 0 Å². The third-order valence-electron chi connectivity index (χ3n) is 2.27. The molecule has 0 aromatic heterocycles. The van der Waals surface area contributed by atoms with Gasteiger partial charge in [0, 0.05) is 18.4 Å². The fourth-order valence-electron chi connectivity index (χ4n) is 1.36. The van der Waals surface area contributed by atoms with Gasteiger partial charge in [-0.15, -0.1) is 0 Å². The van der Waals surface area contributed by atoms with E-state index in [1.54, 1.807) is 31.2 Å². The van der Waals surface area contributed by atoms with E-state index in [0.29, 0.717) is 11.8 Å². The van der Waals surface area contributed by atoms with Gasteiger partial charge in [0.2, 0.25) is 5.91 Å². The Kier molecular flexibility index (Phi) is 5.07. The molecule has 4 nitrogen and oxygen atoms in total. The van der Waals surface area contributed by atoms with E-state index in [0.717, 1.165) is 0 Å². The van der Waals surface area contributed by atoms with Crippen LogP contribution < -0.4 is 5.32 Å². The highest BCUT2D eigenvalue weighted by Crippen LogP contribution is 2.04. The fourth-order valence-corrected chi connectivity index (χ4v) is 1.36. The molecule has 1 amide bonds. The maximum absolute atomic E-state index is 11.7. The molecule has 90 valence electrons. The first-order valence-electron chi connectivity index (χ1n) is 5.46. The molecule has 0 spiro atoms. The summed E-state index contributed by atoms with van der Waals surface area (Å²) < 4.78 is 0. The van der Waals surface area contributed by atoms with Crippen molar-refractivity contribution in [2.45, 2.75) is 25.8 Å². The number of ketones is 1. The first kappa shape index (κ1) is 13.1. The summed E-state index contributed by atoms with van der Waals surface area (Å²) in [5.41, 5.74) is 0.601. The second-order valence-corrected chi connectivity index (χ2v) is 3.78. The lowest BCUT2D eigenvalue weighted by Gasteiger charge is -2.06. The van der Waals surface area contributed by atoms with Crippen molar-refractivity contribution in [1.82, 2.24) is 5.32 Å². The van der Waals surface area contributed by atoms with E-state index in [-0.39, 0.29) is 24.5 Å². The van der Waals surface area contributed by atoms with Gasteiger partial charge in [0.15, 0.2) is 5.78 Å². The predicted octanol–water partition coefficient (Wildman–Crippen LogP) is 1.35. The number of carbonyl (C=O) groups excluding carboxylic acids is 3. The van der Waals surface area contributed by atoms with Crippen LogP contribution in [0.4, 0.5) is 0 Å². The maximum Gasteiger partial charge on any atom is 0.221 e. The van der Waals surface area contributed by atoms with Crippen molar-refractivity contribution in [2.75, 3.05) is 0 Å². The Balaban J connectivity index is 2.39. The van der Waals surface area contributed by atoms with Crippen LogP contribution in [0, 0.1) is 0 Å². The van der Waals surface area contributed by atoms with Crippen molar-refractivity contribution in [3.05, 3.63) is 35.9 Å². The third kappa shape index (κ3) is 4.59. The highest BCUT2D eigenvalue weighted by Gasteiger charge is 2.10. The van der Waals surface area contributed by atoms with E-state index in [1.807, 2.05) is 6.07 Å². The van der Waals surface area contributed by atoms with Crippen molar-refractivity contribution in [2.24, 2.45) is 0 Å². The number of benzene rings is 1. The fraction of sp³-hybridized carbons (Fsp3) is 0.308. The number of Topliss-reactive ketones (excluding diaryl/α,β-unsaturated/α-hetero) is 1. The van der Waals surface area contributed by atoms with Gasteiger partial charge < -0.3 is 10.1 Å². The normalized spacial score (nSPS) is 11.6. The van der Waals surface area contributed by atoms with Crippen LogP contribution in [-0.2, 0) is 9.59 Å². The van der Waals surface area contributed by atoms with Crippen molar-refractivity contribution < 1.29 is 14.4 Å². The van der Waals surface area contributed by atoms with E-state index < -0.39 is 6.04 Å². The molecule has 1 aromatic carbocycles. The predicted molar refractivity (Wildman–Crippen MR) is 63.7 cm³/mol. The summed E-state index contributed by atoms with van der Waals surface area (Å²) in [7, 11) is 0. The highest BCUT2D eigenvalue weighted by atomic mass is 16.2. The number of aldehydes is 1. The van der Waals surface area contributed by atoms with Crippen LogP contribution in [0.3, 0.4) is 0 Å². The van der Waals surface area contributed by atoms with Crippen LogP contribution in [0.15, 0.2) is 30.3 Å². The van der Waals surface area contributed by atoms with Crippen molar-refractivity contribution in [3.63, 3.8) is 0 Å². The minimum absolute atomic E-state index is 0.0699. The van der Waals surface area contributed by atoms with Gasteiger partial charge in [-0.2, -0.15) is 0 Å². The number of hydrogen-bond donors (Lipinski definition) is 1. The van der Waals surface area contributed by atoms with Crippen LogP contribution in [0.25, 0.3) is 0 Å². The Morgan fingerprint density at radius 1 is 1.24 bits per heavy atom. The highest BCUT2D eigenvalue weighted by molar-refractivity contribution is 5.98. The minimum Gasteiger partial charge on any atom is -0.347 e. The van der Waals surface area contributed by atoms with E-state index in [9.17, 15) is 14.4 Å². The topological polar surface area (TPSA) is 63.2 Å². The molecule has 0 aliphatic rings. The molecule has 0 unspecified atom stereocenters.